The third-order valence-corrected chi connectivity index (χ3v) is 13.0. The van der Waals surface area contributed by atoms with Crippen molar-refractivity contribution in [3.63, 3.8) is 0 Å². The van der Waals surface area contributed by atoms with Gasteiger partial charge in [0.25, 0.3) is 0 Å². The number of aromatic nitrogens is 10. The molecule has 0 bridgehead atoms. The molecule has 0 saturated carbocycles. The van der Waals surface area contributed by atoms with Crippen molar-refractivity contribution >= 4 is 54.9 Å². The van der Waals surface area contributed by atoms with Crippen LogP contribution in [0.3, 0.4) is 0 Å². The fraction of sp³-hybridized carbons (Fsp3) is 0. The summed E-state index contributed by atoms with van der Waals surface area (Å²) in [7, 11) is 0. The highest BCUT2D eigenvalue weighted by atomic mass is 32.1. The van der Waals surface area contributed by atoms with Crippen LogP contribution in [0.1, 0.15) is 0 Å². The summed E-state index contributed by atoms with van der Waals surface area (Å²) in [5.41, 5.74) is 9.42. The summed E-state index contributed by atoms with van der Waals surface area (Å²) in [4.78, 5) is 30.5. The molecule has 0 radical (unpaired) electrons. The molecular weight excluding hydrogens is 845 g/mol. The Morgan fingerprint density at radius 2 is 0.597 bits per heavy atom. The second-order valence-corrected chi connectivity index (χ2v) is 17.0. The molecule has 5 aromatic heterocycles. The van der Waals surface area contributed by atoms with Crippen molar-refractivity contribution < 1.29 is 0 Å². The van der Waals surface area contributed by atoms with Gasteiger partial charge in [0.2, 0.25) is 11.9 Å². The quantitative estimate of drug-likeness (QED) is 0.148. The average Bonchev–Trinajstić information content (AvgIpc) is 4.13. The maximum absolute atomic E-state index is 5.14. The van der Waals surface area contributed by atoms with Crippen LogP contribution in [0.4, 0.5) is 0 Å². The maximum Gasteiger partial charge on any atom is 0.238 e. The summed E-state index contributed by atoms with van der Waals surface area (Å²) >= 11 is 1.57. The minimum absolute atomic E-state index is 0.530. The number of para-hydroxylation sites is 2. The van der Waals surface area contributed by atoms with Crippen molar-refractivity contribution in [3.8, 4) is 78.6 Å². The predicted octanol–water partition coefficient (Wildman–Crippen LogP) is 13.1. The SMILES string of the molecule is c1ccc(-c2nc(-c3ccccc3)nc(-n3c4ccccc4c4c(-c5nnc(-c6cccc7c6c6ccccc6n7-c6nc(-c7ccccc7)nc(-c7ccccc7)n6)s5)cccc43)n2)cc1. The normalized spacial score (nSPS) is 11.6. The monoisotopic (exact) mass is 878 g/mol. The Labute approximate surface area is 387 Å². The highest BCUT2D eigenvalue weighted by Gasteiger charge is 2.24. The van der Waals surface area contributed by atoms with E-state index in [4.69, 9.17) is 40.1 Å². The van der Waals surface area contributed by atoms with Gasteiger partial charge in [-0.05, 0) is 24.3 Å². The van der Waals surface area contributed by atoms with E-state index in [1.807, 2.05) is 121 Å². The molecule has 10 nitrogen and oxygen atoms in total. The molecule has 0 spiro atoms. The lowest BCUT2D eigenvalue weighted by molar-refractivity contribution is 0.953. The molecule has 0 aliphatic rings. The van der Waals surface area contributed by atoms with Crippen LogP contribution in [-0.4, -0.2) is 49.2 Å². The van der Waals surface area contributed by atoms with Crippen molar-refractivity contribution in [2.75, 3.05) is 0 Å². The van der Waals surface area contributed by atoms with E-state index in [-0.39, 0.29) is 0 Å². The van der Waals surface area contributed by atoms with Crippen LogP contribution >= 0.6 is 11.3 Å². The van der Waals surface area contributed by atoms with Gasteiger partial charge >= 0.3 is 0 Å². The highest BCUT2D eigenvalue weighted by Crippen LogP contribution is 2.43. The summed E-state index contributed by atoms with van der Waals surface area (Å²) in [5.74, 6) is 3.45. The molecule has 13 aromatic rings. The Morgan fingerprint density at radius 1 is 0.284 bits per heavy atom. The number of benzene rings is 8. The zero-order valence-electron chi connectivity index (χ0n) is 35.5. The third kappa shape index (κ3) is 6.55. The predicted molar refractivity (Wildman–Crippen MR) is 268 cm³/mol. The standard InChI is InChI=1S/C56H34N10S/c1-5-19-35(20-6-1)49-57-50(36-21-7-2-8-22-36)60-55(59-49)65-43-31-15-13-27-39(43)47-41(29-17-33-45(47)65)53-63-64-54(67-53)42-30-18-34-46-48(42)40-28-14-16-32-44(40)66(46)56-61-51(37-23-9-3-10-24-37)58-52(62-56)38-25-11-4-12-26-38/h1-34H. The number of fused-ring (bicyclic) bond motifs is 6. The van der Waals surface area contributed by atoms with E-state index in [9.17, 15) is 0 Å². The van der Waals surface area contributed by atoms with Crippen molar-refractivity contribution in [1.29, 1.82) is 0 Å². The Kier molecular flexibility index (Phi) is 9.10. The van der Waals surface area contributed by atoms with Crippen LogP contribution in [-0.2, 0) is 0 Å². The molecule has 5 heterocycles. The minimum atomic E-state index is 0.530. The Balaban J connectivity index is 0.977. The van der Waals surface area contributed by atoms with E-state index in [1.165, 1.54) is 0 Å². The number of rotatable bonds is 8. The summed E-state index contributed by atoms with van der Waals surface area (Å²) < 4.78 is 4.28. The molecule has 0 saturated heterocycles. The Hall–Kier alpha value is -9.06. The van der Waals surface area contributed by atoms with Gasteiger partial charge in [0.1, 0.15) is 10.0 Å². The highest BCUT2D eigenvalue weighted by molar-refractivity contribution is 7.18. The van der Waals surface area contributed by atoms with Crippen molar-refractivity contribution in [2.24, 2.45) is 0 Å². The zero-order valence-corrected chi connectivity index (χ0v) is 36.3. The lowest BCUT2D eigenvalue weighted by atomic mass is 10.1. The van der Waals surface area contributed by atoms with Crippen LogP contribution in [0.2, 0.25) is 0 Å². The van der Waals surface area contributed by atoms with Gasteiger partial charge in [0.05, 0.1) is 22.1 Å². The van der Waals surface area contributed by atoms with Gasteiger partial charge in [-0.25, -0.2) is 9.97 Å². The first-order valence-electron chi connectivity index (χ1n) is 21.9. The van der Waals surface area contributed by atoms with E-state index < -0.39 is 0 Å². The van der Waals surface area contributed by atoms with Gasteiger partial charge in [0.15, 0.2) is 23.3 Å². The van der Waals surface area contributed by atoms with E-state index in [0.717, 1.165) is 87.0 Å². The molecule has 0 aliphatic carbocycles. The van der Waals surface area contributed by atoms with Crippen LogP contribution in [0.25, 0.3) is 122 Å². The van der Waals surface area contributed by atoms with Crippen molar-refractivity contribution in [2.45, 2.75) is 0 Å². The van der Waals surface area contributed by atoms with Gasteiger partial charge in [-0.15, -0.1) is 10.2 Å². The molecule has 11 heteroatoms. The average molecular weight is 879 g/mol. The lowest BCUT2D eigenvalue weighted by Crippen LogP contribution is -2.06. The lowest BCUT2D eigenvalue weighted by Gasteiger charge is -2.11. The van der Waals surface area contributed by atoms with E-state index in [0.29, 0.717) is 35.2 Å². The summed E-state index contributed by atoms with van der Waals surface area (Å²) in [6.45, 7) is 0. The van der Waals surface area contributed by atoms with Crippen LogP contribution < -0.4 is 0 Å². The summed E-state index contributed by atoms with van der Waals surface area (Å²) in [6.07, 6.45) is 0. The third-order valence-electron chi connectivity index (χ3n) is 12.1. The Bertz CT molecular complexity index is 3610. The first-order valence-corrected chi connectivity index (χ1v) is 22.7. The first kappa shape index (κ1) is 38.4. The molecule has 0 N–H and O–H groups in total. The molecule has 13 rings (SSSR count). The largest absolute Gasteiger partial charge is 0.278 e. The molecule has 0 amide bonds. The van der Waals surface area contributed by atoms with Crippen molar-refractivity contribution in [3.05, 3.63) is 206 Å². The maximum atomic E-state index is 5.14. The molecule has 0 fully saturated rings. The summed E-state index contributed by atoms with van der Waals surface area (Å²) in [5, 5.41) is 15.6. The molecular formula is C56H34N10S. The fourth-order valence-corrected chi connectivity index (χ4v) is 9.97. The fourth-order valence-electron chi connectivity index (χ4n) is 9.06. The molecule has 0 unspecified atom stereocenters. The molecule has 8 aromatic carbocycles. The van der Waals surface area contributed by atoms with Gasteiger partial charge in [0, 0.05) is 54.9 Å². The number of nitrogens with zero attached hydrogens (tertiary/aromatic N) is 10. The first-order chi connectivity index (χ1) is 33.2. The smallest absolute Gasteiger partial charge is 0.238 e. The van der Waals surface area contributed by atoms with E-state index >= 15 is 0 Å². The summed E-state index contributed by atoms with van der Waals surface area (Å²) in [6, 6.07) is 69.6. The van der Waals surface area contributed by atoms with Crippen LogP contribution in [0.15, 0.2) is 206 Å². The molecule has 0 atom stereocenters. The topological polar surface area (TPSA) is 113 Å². The minimum Gasteiger partial charge on any atom is -0.278 e. The van der Waals surface area contributed by atoms with E-state index in [1.54, 1.807) is 11.3 Å². The Morgan fingerprint density at radius 3 is 0.955 bits per heavy atom. The number of hydrogen-bond donors (Lipinski definition) is 0. The van der Waals surface area contributed by atoms with Gasteiger partial charge in [-0.3, -0.25) is 9.13 Å². The molecule has 67 heavy (non-hydrogen) atoms. The second-order valence-electron chi connectivity index (χ2n) is 16.0. The van der Waals surface area contributed by atoms with Gasteiger partial charge in [-0.1, -0.05) is 193 Å². The zero-order chi connectivity index (χ0) is 44.3. The molecule has 314 valence electrons. The second kappa shape index (κ2) is 15.9. The van der Waals surface area contributed by atoms with Crippen LogP contribution in [0.5, 0.6) is 0 Å². The van der Waals surface area contributed by atoms with Crippen LogP contribution in [0, 0.1) is 0 Å². The van der Waals surface area contributed by atoms with Gasteiger partial charge in [-0.2, -0.15) is 19.9 Å². The number of hydrogen-bond acceptors (Lipinski definition) is 9. The molecule has 0 aliphatic heterocycles. The van der Waals surface area contributed by atoms with Crippen molar-refractivity contribution in [1.82, 2.24) is 49.2 Å². The van der Waals surface area contributed by atoms with E-state index in [2.05, 4.69) is 94.1 Å². The van der Waals surface area contributed by atoms with Gasteiger partial charge < -0.3 is 0 Å².